The third kappa shape index (κ3) is 3.82. The summed E-state index contributed by atoms with van der Waals surface area (Å²) in [6.07, 6.45) is 6.46. The molecule has 1 aliphatic carbocycles. The molecule has 15 heavy (non-hydrogen) atoms. The highest BCUT2D eigenvalue weighted by molar-refractivity contribution is 5.82. The molecule has 1 aliphatic rings. The van der Waals surface area contributed by atoms with Crippen LogP contribution in [-0.4, -0.2) is 18.5 Å². The second-order valence-electron chi connectivity index (χ2n) is 5.14. The van der Waals surface area contributed by atoms with E-state index in [9.17, 15) is 4.79 Å². The van der Waals surface area contributed by atoms with Crippen molar-refractivity contribution in [2.75, 3.05) is 6.54 Å². The van der Waals surface area contributed by atoms with E-state index in [0.717, 1.165) is 32.2 Å². The molecule has 3 nitrogen and oxygen atoms in total. The standard InChI is InChI=1S/C12H24N2O/c1-10(13)6-5-9-14-11(15)12(2)7-3-4-8-12/h10H,3-9,13H2,1-2H3,(H,14,15). The summed E-state index contributed by atoms with van der Waals surface area (Å²) in [4.78, 5) is 11.9. The van der Waals surface area contributed by atoms with Crippen LogP contribution in [0, 0.1) is 5.41 Å². The quantitative estimate of drug-likeness (QED) is 0.683. The Morgan fingerprint density at radius 2 is 2.07 bits per heavy atom. The molecule has 0 radical (unpaired) electrons. The van der Waals surface area contributed by atoms with Gasteiger partial charge in [-0.1, -0.05) is 19.8 Å². The molecule has 1 atom stereocenters. The fourth-order valence-electron chi connectivity index (χ4n) is 2.22. The molecule has 0 spiro atoms. The first-order valence-electron chi connectivity index (χ1n) is 6.08. The summed E-state index contributed by atoms with van der Waals surface area (Å²) < 4.78 is 0. The second kappa shape index (κ2) is 5.50. The van der Waals surface area contributed by atoms with Crippen LogP contribution in [-0.2, 0) is 4.79 Å². The molecule has 0 aromatic heterocycles. The monoisotopic (exact) mass is 212 g/mol. The van der Waals surface area contributed by atoms with Gasteiger partial charge < -0.3 is 11.1 Å². The van der Waals surface area contributed by atoms with Crippen molar-refractivity contribution in [3.63, 3.8) is 0 Å². The van der Waals surface area contributed by atoms with E-state index in [0.29, 0.717) is 0 Å². The highest BCUT2D eigenvalue weighted by Crippen LogP contribution is 2.37. The Balaban J connectivity index is 2.18. The van der Waals surface area contributed by atoms with Gasteiger partial charge in [-0.2, -0.15) is 0 Å². The molecule has 1 amide bonds. The number of carbonyl (C=O) groups is 1. The van der Waals surface area contributed by atoms with Crippen molar-refractivity contribution in [3.8, 4) is 0 Å². The zero-order valence-corrected chi connectivity index (χ0v) is 10.0. The molecule has 0 aromatic rings. The van der Waals surface area contributed by atoms with Crippen LogP contribution < -0.4 is 11.1 Å². The fourth-order valence-corrected chi connectivity index (χ4v) is 2.22. The van der Waals surface area contributed by atoms with Gasteiger partial charge in [-0.15, -0.1) is 0 Å². The van der Waals surface area contributed by atoms with Crippen molar-refractivity contribution in [1.29, 1.82) is 0 Å². The number of amides is 1. The van der Waals surface area contributed by atoms with E-state index in [1.165, 1.54) is 12.8 Å². The first-order valence-corrected chi connectivity index (χ1v) is 6.08. The molecule has 0 heterocycles. The van der Waals surface area contributed by atoms with Crippen molar-refractivity contribution in [2.45, 2.75) is 58.4 Å². The molecule has 1 unspecified atom stereocenters. The Bertz CT molecular complexity index is 208. The summed E-state index contributed by atoms with van der Waals surface area (Å²) in [6.45, 7) is 4.86. The zero-order chi connectivity index (χ0) is 11.3. The van der Waals surface area contributed by atoms with Gasteiger partial charge in [0.25, 0.3) is 0 Å². The lowest BCUT2D eigenvalue weighted by atomic mass is 9.88. The lowest BCUT2D eigenvalue weighted by molar-refractivity contribution is -0.129. The Morgan fingerprint density at radius 3 is 2.60 bits per heavy atom. The number of nitrogens with one attached hydrogen (secondary N) is 1. The van der Waals surface area contributed by atoms with Crippen LogP contribution in [0.5, 0.6) is 0 Å². The summed E-state index contributed by atoms with van der Waals surface area (Å²) in [5, 5.41) is 3.03. The minimum atomic E-state index is -0.0890. The van der Waals surface area contributed by atoms with E-state index in [1.54, 1.807) is 0 Å². The van der Waals surface area contributed by atoms with Crippen LogP contribution in [0.15, 0.2) is 0 Å². The van der Waals surface area contributed by atoms with Crippen LogP contribution >= 0.6 is 0 Å². The highest BCUT2D eigenvalue weighted by Gasteiger charge is 2.35. The maximum absolute atomic E-state index is 11.9. The smallest absolute Gasteiger partial charge is 0.225 e. The topological polar surface area (TPSA) is 55.1 Å². The zero-order valence-electron chi connectivity index (χ0n) is 10.0. The first kappa shape index (κ1) is 12.5. The lowest BCUT2D eigenvalue weighted by Crippen LogP contribution is -2.37. The molecular formula is C12H24N2O. The van der Waals surface area contributed by atoms with E-state index in [2.05, 4.69) is 12.2 Å². The number of nitrogens with two attached hydrogens (primary N) is 1. The molecule has 3 N–H and O–H groups in total. The summed E-state index contributed by atoms with van der Waals surface area (Å²) in [7, 11) is 0. The van der Waals surface area contributed by atoms with Gasteiger partial charge in [-0.25, -0.2) is 0 Å². The maximum atomic E-state index is 11.9. The van der Waals surface area contributed by atoms with Crippen LogP contribution in [0.2, 0.25) is 0 Å². The lowest BCUT2D eigenvalue weighted by Gasteiger charge is -2.22. The van der Waals surface area contributed by atoms with Gasteiger partial charge in [-0.3, -0.25) is 4.79 Å². The normalized spacial score (nSPS) is 21.3. The number of hydrogen-bond acceptors (Lipinski definition) is 2. The number of rotatable bonds is 5. The average molecular weight is 212 g/mol. The van der Waals surface area contributed by atoms with E-state index in [-0.39, 0.29) is 17.4 Å². The predicted octanol–water partition coefficient (Wildman–Crippen LogP) is 1.81. The Kier molecular flexibility index (Phi) is 4.58. The highest BCUT2D eigenvalue weighted by atomic mass is 16.2. The van der Waals surface area contributed by atoms with Crippen molar-refractivity contribution in [1.82, 2.24) is 5.32 Å². The van der Waals surface area contributed by atoms with Gasteiger partial charge in [0.1, 0.15) is 0 Å². The van der Waals surface area contributed by atoms with Crippen molar-refractivity contribution < 1.29 is 4.79 Å². The third-order valence-electron chi connectivity index (χ3n) is 3.38. The minimum absolute atomic E-state index is 0.0890. The van der Waals surface area contributed by atoms with Gasteiger partial charge in [0, 0.05) is 18.0 Å². The van der Waals surface area contributed by atoms with E-state index >= 15 is 0 Å². The molecule has 0 aliphatic heterocycles. The van der Waals surface area contributed by atoms with E-state index < -0.39 is 0 Å². The molecule has 0 bridgehead atoms. The van der Waals surface area contributed by atoms with Crippen molar-refractivity contribution in [3.05, 3.63) is 0 Å². The summed E-state index contributed by atoms with van der Waals surface area (Å²) in [6, 6.07) is 0.240. The van der Waals surface area contributed by atoms with Gasteiger partial charge >= 0.3 is 0 Å². The van der Waals surface area contributed by atoms with Crippen molar-refractivity contribution in [2.24, 2.45) is 11.1 Å². The van der Waals surface area contributed by atoms with Gasteiger partial charge in [0.05, 0.1) is 0 Å². The van der Waals surface area contributed by atoms with Gasteiger partial charge in [0.2, 0.25) is 5.91 Å². The van der Waals surface area contributed by atoms with Crippen LogP contribution in [0.25, 0.3) is 0 Å². The van der Waals surface area contributed by atoms with Crippen LogP contribution in [0.3, 0.4) is 0 Å². The minimum Gasteiger partial charge on any atom is -0.356 e. The Hall–Kier alpha value is -0.570. The summed E-state index contributed by atoms with van der Waals surface area (Å²) >= 11 is 0. The number of hydrogen-bond donors (Lipinski definition) is 2. The van der Waals surface area contributed by atoms with Crippen LogP contribution in [0.4, 0.5) is 0 Å². The fraction of sp³-hybridized carbons (Fsp3) is 0.917. The molecule has 0 aromatic carbocycles. The van der Waals surface area contributed by atoms with Crippen LogP contribution in [0.1, 0.15) is 52.4 Å². The van der Waals surface area contributed by atoms with Crippen molar-refractivity contribution >= 4 is 5.91 Å². The van der Waals surface area contributed by atoms with Gasteiger partial charge in [-0.05, 0) is 32.6 Å². The number of carbonyl (C=O) groups excluding carboxylic acids is 1. The molecule has 1 fully saturated rings. The molecule has 0 saturated heterocycles. The maximum Gasteiger partial charge on any atom is 0.225 e. The molecule has 1 saturated carbocycles. The largest absolute Gasteiger partial charge is 0.356 e. The third-order valence-corrected chi connectivity index (χ3v) is 3.38. The summed E-state index contributed by atoms with van der Waals surface area (Å²) in [5.74, 6) is 0.240. The average Bonchev–Trinajstić information content (AvgIpc) is 2.60. The second-order valence-corrected chi connectivity index (χ2v) is 5.14. The summed E-state index contributed by atoms with van der Waals surface area (Å²) in [5.41, 5.74) is 5.56. The molecule has 1 rings (SSSR count). The Morgan fingerprint density at radius 1 is 1.47 bits per heavy atom. The molecule has 88 valence electrons. The van der Waals surface area contributed by atoms with E-state index in [1.807, 2.05) is 6.92 Å². The molecular weight excluding hydrogens is 188 g/mol. The predicted molar refractivity (Wildman–Crippen MR) is 62.5 cm³/mol. The molecule has 3 heteroatoms. The van der Waals surface area contributed by atoms with E-state index in [4.69, 9.17) is 5.73 Å². The SMILES string of the molecule is CC(N)CCCNC(=O)C1(C)CCCC1. The first-order chi connectivity index (χ1) is 7.04. The Labute approximate surface area is 92.8 Å². The van der Waals surface area contributed by atoms with Gasteiger partial charge in [0.15, 0.2) is 0 Å².